The van der Waals surface area contributed by atoms with Gasteiger partial charge in [-0.3, -0.25) is 9.69 Å². The van der Waals surface area contributed by atoms with Crippen LogP contribution in [-0.2, 0) is 11.3 Å². The van der Waals surface area contributed by atoms with Crippen LogP contribution in [0.4, 0.5) is 0 Å². The van der Waals surface area contributed by atoms with Crippen molar-refractivity contribution in [2.24, 2.45) is 5.41 Å². The fraction of sp³-hybridized carbons (Fsp3) is 0.611. The minimum absolute atomic E-state index is 0.0134. The van der Waals surface area contributed by atoms with E-state index >= 15 is 0 Å². The van der Waals surface area contributed by atoms with E-state index in [0.717, 1.165) is 38.0 Å². The zero-order valence-corrected chi connectivity index (χ0v) is 14.3. The third-order valence-corrected chi connectivity index (χ3v) is 4.60. The SMILES string of the molecule is CN(C)CC1(CO)CCN(CC(=O)NCc2ccccc2)CC1. The molecule has 0 bridgehead atoms. The molecule has 0 aromatic heterocycles. The van der Waals surface area contributed by atoms with Gasteiger partial charge in [-0.15, -0.1) is 0 Å². The molecule has 128 valence electrons. The number of nitrogens with one attached hydrogen (secondary N) is 1. The van der Waals surface area contributed by atoms with Crippen molar-refractivity contribution in [3.63, 3.8) is 0 Å². The number of amides is 1. The number of nitrogens with zero attached hydrogens (tertiary/aromatic N) is 2. The summed E-state index contributed by atoms with van der Waals surface area (Å²) in [5.74, 6) is 0.0676. The second kappa shape index (κ2) is 8.43. The molecule has 0 spiro atoms. The summed E-state index contributed by atoms with van der Waals surface area (Å²) in [7, 11) is 4.08. The molecule has 1 amide bonds. The predicted molar refractivity (Wildman–Crippen MR) is 92.0 cm³/mol. The third-order valence-electron chi connectivity index (χ3n) is 4.60. The van der Waals surface area contributed by atoms with E-state index in [1.54, 1.807) is 0 Å². The minimum Gasteiger partial charge on any atom is -0.396 e. The summed E-state index contributed by atoms with van der Waals surface area (Å²) >= 11 is 0. The maximum atomic E-state index is 12.1. The Morgan fingerprint density at radius 3 is 2.48 bits per heavy atom. The molecule has 0 unspecified atom stereocenters. The number of aliphatic hydroxyl groups is 1. The number of carbonyl (C=O) groups excluding carboxylic acids is 1. The van der Waals surface area contributed by atoms with Crippen LogP contribution in [0.3, 0.4) is 0 Å². The van der Waals surface area contributed by atoms with E-state index in [9.17, 15) is 9.90 Å². The van der Waals surface area contributed by atoms with E-state index in [2.05, 4.69) is 15.1 Å². The Kier molecular flexibility index (Phi) is 6.57. The van der Waals surface area contributed by atoms with Crippen LogP contribution in [0.25, 0.3) is 0 Å². The lowest BCUT2D eigenvalue weighted by atomic mass is 9.78. The highest BCUT2D eigenvalue weighted by Crippen LogP contribution is 2.31. The van der Waals surface area contributed by atoms with Crippen LogP contribution in [0.1, 0.15) is 18.4 Å². The number of likely N-dealkylation sites (tertiary alicyclic amines) is 1. The number of hydrogen-bond donors (Lipinski definition) is 2. The number of aliphatic hydroxyl groups excluding tert-OH is 1. The molecule has 1 fully saturated rings. The quantitative estimate of drug-likeness (QED) is 0.785. The molecule has 2 N–H and O–H groups in total. The fourth-order valence-electron chi connectivity index (χ4n) is 3.28. The van der Waals surface area contributed by atoms with Crippen molar-refractivity contribution >= 4 is 5.91 Å². The molecule has 1 aromatic rings. The summed E-state index contributed by atoms with van der Waals surface area (Å²) in [5, 5.41) is 12.7. The Labute approximate surface area is 139 Å². The Morgan fingerprint density at radius 1 is 1.26 bits per heavy atom. The summed E-state index contributed by atoms with van der Waals surface area (Å²) in [4.78, 5) is 16.4. The van der Waals surface area contributed by atoms with Crippen LogP contribution in [0.2, 0.25) is 0 Å². The van der Waals surface area contributed by atoms with Gasteiger partial charge in [0.25, 0.3) is 0 Å². The molecule has 1 aliphatic rings. The van der Waals surface area contributed by atoms with Gasteiger partial charge in [-0.1, -0.05) is 30.3 Å². The van der Waals surface area contributed by atoms with Gasteiger partial charge >= 0.3 is 0 Å². The lowest BCUT2D eigenvalue weighted by Crippen LogP contribution is -2.49. The maximum Gasteiger partial charge on any atom is 0.234 e. The Bertz CT molecular complexity index is 482. The molecule has 0 atom stereocenters. The van der Waals surface area contributed by atoms with E-state index in [0.29, 0.717) is 13.1 Å². The fourth-order valence-corrected chi connectivity index (χ4v) is 3.28. The zero-order valence-electron chi connectivity index (χ0n) is 14.3. The molecule has 23 heavy (non-hydrogen) atoms. The van der Waals surface area contributed by atoms with Crippen molar-refractivity contribution in [3.05, 3.63) is 35.9 Å². The van der Waals surface area contributed by atoms with E-state index in [1.165, 1.54) is 0 Å². The zero-order chi connectivity index (χ0) is 16.7. The standard InChI is InChI=1S/C18H29N3O2/c1-20(2)14-18(15-22)8-10-21(11-9-18)13-17(23)19-12-16-6-4-3-5-7-16/h3-7,22H,8-15H2,1-2H3,(H,19,23). The van der Waals surface area contributed by atoms with Gasteiger partial charge in [0.05, 0.1) is 13.2 Å². The van der Waals surface area contributed by atoms with Crippen LogP contribution in [0.15, 0.2) is 30.3 Å². The van der Waals surface area contributed by atoms with Gasteiger partial charge in [-0.05, 0) is 45.6 Å². The van der Waals surface area contributed by atoms with Gasteiger partial charge in [-0.25, -0.2) is 0 Å². The van der Waals surface area contributed by atoms with Crippen LogP contribution in [0.5, 0.6) is 0 Å². The highest BCUT2D eigenvalue weighted by Gasteiger charge is 2.34. The first-order valence-electron chi connectivity index (χ1n) is 8.32. The van der Waals surface area contributed by atoms with Crippen LogP contribution < -0.4 is 5.32 Å². The topological polar surface area (TPSA) is 55.8 Å². The van der Waals surface area contributed by atoms with E-state index in [1.807, 2.05) is 44.4 Å². The van der Waals surface area contributed by atoms with Crippen molar-refractivity contribution in [1.29, 1.82) is 0 Å². The molecule has 1 aromatic carbocycles. The summed E-state index contributed by atoms with van der Waals surface area (Å²) in [6.07, 6.45) is 1.88. The second-order valence-electron chi connectivity index (χ2n) is 6.93. The molecule has 2 rings (SSSR count). The molecule has 0 saturated carbocycles. The van der Waals surface area contributed by atoms with Gasteiger partial charge in [0.2, 0.25) is 5.91 Å². The van der Waals surface area contributed by atoms with Gasteiger partial charge in [-0.2, -0.15) is 0 Å². The van der Waals surface area contributed by atoms with E-state index < -0.39 is 0 Å². The van der Waals surface area contributed by atoms with Gasteiger partial charge < -0.3 is 15.3 Å². The van der Waals surface area contributed by atoms with Crippen molar-refractivity contribution in [3.8, 4) is 0 Å². The lowest BCUT2D eigenvalue weighted by molar-refractivity contribution is -0.123. The number of carbonyl (C=O) groups is 1. The number of hydrogen-bond acceptors (Lipinski definition) is 4. The highest BCUT2D eigenvalue weighted by atomic mass is 16.3. The molecule has 1 aliphatic heterocycles. The van der Waals surface area contributed by atoms with Crippen molar-refractivity contribution < 1.29 is 9.90 Å². The van der Waals surface area contributed by atoms with Crippen molar-refractivity contribution in [2.45, 2.75) is 19.4 Å². The first kappa shape index (κ1) is 17.9. The first-order chi connectivity index (χ1) is 11.0. The van der Waals surface area contributed by atoms with Crippen LogP contribution >= 0.6 is 0 Å². The summed E-state index contributed by atoms with van der Waals surface area (Å²) in [6.45, 7) is 3.88. The van der Waals surface area contributed by atoms with Gasteiger partial charge in [0.1, 0.15) is 0 Å². The highest BCUT2D eigenvalue weighted by molar-refractivity contribution is 5.78. The molecule has 0 radical (unpaired) electrons. The van der Waals surface area contributed by atoms with Gasteiger partial charge in [0.15, 0.2) is 0 Å². The van der Waals surface area contributed by atoms with Crippen molar-refractivity contribution in [1.82, 2.24) is 15.1 Å². The van der Waals surface area contributed by atoms with Crippen molar-refractivity contribution in [2.75, 3.05) is 46.9 Å². The monoisotopic (exact) mass is 319 g/mol. The Hall–Kier alpha value is -1.43. The molecule has 0 aliphatic carbocycles. The van der Waals surface area contributed by atoms with Crippen LogP contribution in [-0.4, -0.2) is 67.7 Å². The number of piperidine rings is 1. The molecule has 5 heteroatoms. The maximum absolute atomic E-state index is 12.1. The third kappa shape index (κ3) is 5.61. The summed E-state index contributed by atoms with van der Waals surface area (Å²) < 4.78 is 0. The average molecular weight is 319 g/mol. The van der Waals surface area contributed by atoms with E-state index in [4.69, 9.17) is 0 Å². The second-order valence-corrected chi connectivity index (χ2v) is 6.93. The number of benzene rings is 1. The van der Waals surface area contributed by atoms with E-state index in [-0.39, 0.29) is 17.9 Å². The number of rotatable bonds is 7. The van der Waals surface area contributed by atoms with Crippen LogP contribution in [0, 0.1) is 5.41 Å². The summed E-state index contributed by atoms with van der Waals surface area (Å²) in [5.41, 5.74) is 1.10. The van der Waals surface area contributed by atoms with Gasteiger partial charge in [0, 0.05) is 18.5 Å². The molecule has 1 saturated heterocycles. The average Bonchev–Trinajstić information content (AvgIpc) is 2.55. The molecule has 1 heterocycles. The molecular formula is C18H29N3O2. The molecular weight excluding hydrogens is 290 g/mol. The Morgan fingerprint density at radius 2 is 1.91 bits per heavy atom. The smallest absolute Gasteiger partial charge is 0.234 e. The predicted octanol–water partition coefficient (Wildman–Crippen LogP) is 0.939. The largest absolute Gasteiger partial charge is 0.396 e. The minimum atomic E-state index is -0.0134. The normalized spacial score (nSPS) is 18.1. The Balaban J connectivity index is 1.74. The molecule has 5 nitrogen and oxygen atoms in total. The first-order valence-corrected chi connectivity index (χ1v) is 8.32. The lowest BCUT2D eigenvalue weighted by Gasteiger charge is -2.42. The summed E-state index contributed by atoms with van der Waals surface area (Å²) in [6, 6.07) is 9.95.